The van der Waals surface area contributed by atoms with Gasteiger partial charge in [0.1, 0.15) is 13.2 Å². The maximum absolute atomic E-state index is 12.5. The summed E-state index contributed by atoms with van der Waals surface area (Å²) in [6.45, 7) is 1.23. The Bertz CT molecular complexity index is 700. The number of aliphatic hydroxyl groups is 1. The first kappa shape index (κ1) is 17.2. The second-order valence-electron chi connectivity index (χ2n) is 8.95. The lowest BCUT2D eigenvalue weighted by atomic mass is 9.53. The molecule has 1 aliphatic heterocycles. The summed E-state index contributed by atoms with van der Waals surface area (Å²) < 4.78 is 11.1. The van der Waals surface area contributed by atoms with Crippen molar-refractivity contribution in [3.63, 3.8) is 0 Å². The molecule has 0 spiro atoms. The Morgan fingerprint density at radius 1 is 1.07 bits per heavy atom. The van der Waals surface area contributed by atoms with Crippen molar-refractivity contribution < 1.29 is 19.4 Å². The van der Waals surface area contributed by atoms with Gasteiger partial charge in [0, 0.05) is 12.1 Å². The molecule has 4 aliphatic carbocycles. The van der Waals surface area contributed by atoms with Gasteiger partial charge in [0.05, 0.1) is 6.10 Å². The van der Waals surface area contributed by atoms with Gasteiger partial charge in [0.2, 0.25) is 0 Å². The minimum Gasteiger partial charge on any atom is -0.486 e. The highest BCUT2D eigenvalue weighted by Gasteiger charge is 2.51. The molecule has 1 aromatic carbocycles. The van der Waals surface area contributed by atoms with Crippen LogP contribution in [0.4, 0.5) is 4.79 Å². The van der Waals surface area contributed by atoms with Crippen molar-refractivity contribution in [3.8, 4) is 11.5 Å². The monoisotopic (exact) mass is 372 g/mol. The molecule has 0 radical (unpaired) electrons. The molecule has 27 heavy (non-hydrogen) atoms. The van der Waals surface area contributed by atoms with Gasteiger partial charge in [-0.25, -0.2) is 4.79 Å². The average Bonchev–Trinajstić information content (AvgIpc) is 2.64. The number of carbonyl (C=O) groups is 1. The minimum absolute atomic E-state index is 0.0131. The van der Waals surface area contributed by atoms with Crippen LogP contribution in [0, 0.1) is 17.8 Å². The SMILES string of the molecule is O=C(NC[C@@H](O)c1ccc2c(c1)OCCO2)NC12CC3CC(CC(C3)C1)C2. The van der Waals surface area contributed by atoms with Crippen LogP contribution < -0.4 is 20.1 Å². The third-order valence-corrected chi connectivity index (χ3v) is 6.82. The van der Waals surface area contributed by atoms with Crippen LogP contribution in [-0.4, -0.2) is 36.4 Å². The highest BCUT2D eigenvalue weighted by atomic mass is 16.6. The number of nitrogens with one attached hydrogen (secondary N) is 2. The summed E-state index contributed by atoms with van der Waals surface area (Å²) in [5.74, 6) is 3.72. The Hall–Kier alpha value is -1.95. The Morgan fingerprint density at radius 2 is 1.70 bits per heavy atom. The third-order valence-electron chi connectivity index (χ3n) is 6.82. The fourth-order valence-corrected chi connectivity index (χ4v) is 6.12. The van der Waals surface area contributed by atoms with E-state index in [0.29, 0.717) is 30.3 Å². The van der Waals surface area contributed by atoms with Crippen molar-refractivity contribution in [1.82, 2.24) is 10.6 Å². The molecule has 4 bridgehead atoms. The van der Waals surface area contributed by atoms with Crippen LogP contribution in [0.15, 0.2) is 18.2 Å². The fourth-order valence-electron chi connectivity index (χ4n) is 6.12. The molecule has 146 valence electrons. The summed E-state index contributed by atoms with van der Waals surface area (Å²) in [7, 11) is 0. The highest BCUT2D eigenvalue weighted by molar-refractivity contribution is 5.75. The van der Waals surface area contributed by atoms with Gasteiger partial charge in [0.25, 0.3) is 0 Å². The van der Waals surface area contributed by atoms with E-state index < -0.39 is 6.10 Å². The van der Waals surface area contributed by atoms with Crippen molar-refractivity contribution >= 4 is 6.03 Å². The van der Waals surface area contributed by atoms with Gasteiger partial charge >= 0.3 is 6.03 Å². The number of benzene rings is 1. The number of hydrogen-bond acceptors (Lipinski definition) is 4. The summed E-state index contributed by atoms with van der Waals surface area (Å²) >= 11 is 0. The van der Waals surface area contributed by atoms with Gasteiger partial charge in [-0.3, -0.25) is 0 Å². The molecular formula is C21H28N2O4. The maximum Gasteiger partial charge on any atom is 0.315 e. The standard InChI is InChI=1S/C21H28N2O4/c24-17(16-1-2-18-19(8-16)27-4-3-26-18)12-22-20(25)23-21-9-13-5-14(10-21)7-15(6-13)11-21/h1-2,8,13-15,17,24H,3-7,9-12H2,(H2,22,23,25)/t13?,14?,15?,17-,21?/m1/s1. The zero-order chi connectivity index (χ0) is 18.4. The van der Waals surface area contributed by atoms with Crippen LogP contribution in [-0.2, 0) is 0 Å². The molecule has 2 amide bonds. The van der Waals surface area contributed by atoms with Crippen molar-refractivity contribution in [3.05, 3.63) is 23.8 Å². The number of fused-ring (bicyclic) bond motifs is 1. The van der Waals surface area contributed by atoms with Gasteiger partial charge < -0.3 is 25.2 Å². The number of urea groups is 1. The Balaban J connectivity index is 1.17. The van der Waals surface area contributed by atoms with Crippen molar-refractivity contribution in [2.24, 2.45) is 17.8 Å². The van der Waals surface area contributed by atoms with E-state index in [2.05, 4.69) is 10.6 Å². The molecule has 0 saturated heterocycles. The molecule has 1 aromatic rings. The molecule has 0 unspecified atom stereocenters. The lowest BCUT2D eigenvalue weighted by Crippen LogP contribution is -2.61. The molecule has 6 rings (SSSR count). The predicted molar refractivity (Wildman–Crippen MR) is 99.8 cm³/mol. The molecule has 5 aliphatic rings. The Labute approximate surface area is 159 Å². The van der Waals surface area contributed by atoms with E-state index in [1.165, 1.54) is 19.3 Å². The van der Waals surface area contributed by atoms with E-state index in [4.69, 9.17) is 9.47 Å². The first-order chi connectivity index (χ1) is 13.1. The smallest absolute Gasteiger partial charge is 0.315 e. The van der Waals surface area contributed by atoms with Gasteiger partial charge in [-0.15, -0.1) is 0 Å². The average molecular weight is 372 g/mol. The summed E-state index contributed by atoms with van der Waals surface area (Å²) in [4.78, 5) is 12.5. The quantitative estimate of drug-likeness (QED) is 0.759. The van der Waals surface area contributed by atoms with Crippen molar-refractivity contribution in [1.29, 1.82) is 0 Å². The molecule has 0 aromatic heterocycles. The van der Waals surface area contributed by atoms with Gasteiger partial charge in [0.15, 0.2) is 11.5 Å². The summed E-state index contributed by atoms with van der Waals surface area (Å²) in [6, 6.07) is 5.26. The molecule has 4 fully saturated rings. The van der Waals surface area contributed by atoms with Gasteiger partial charge in [-0.05, 0) is 74.0 Å². The van der Waals surface area contributed by atoms with Crippen molar-refractivity contribution in [2.75, 3.05) is 19.8 Å². The topological polar surface area (TPSA) is 79.8 Å². The van der Waals surface area contributed by atoms with Crippen LogP contribution in [0.5, 0.6) is 11.5 Å². The Morgan fingerprint density at radius 3 is 2.37 bits per heavy atom. The van der Waals surface area contributed by atoms with Gasteiger partial charge in [-0.2, -0.15) is 0 Å². The lowest BCUT2D eigenvalue weighted by molar-refractivity contribution is -0.0136. The van der Waals surface area contributed by atoms with Crippen LogP contribution in [0.1, 0.15) is 50.2 Å². The van der Waals surface area contributed by atoms with E-state index in [1.807, 2.05) is 12.1 Å². The maximum atomic E-state index is 12.5. The fraction of sp³-hybridized carbons (Fsp3) is 0.667. The number of ether oxygens (including phenoxy) is 2. The number of hydrogen-bond donors (Lipinski definition) is 3. The van der Waals surface area contributed by atoms with E-state index in [0.717, 1.165) is 37.0 Å². The summed E-state index contributed by atoms with van der Waals surface area (Å²) in [6.07, 6.45) is 6.65. The Kier molecular flexibility index (Phi) is 4.19. The van der Waals surface area contributed by atoms with E-state index in [9.17, 15) is 9.90 Å². The molecular weight excluding hydrogens is 344 g/mol. The second-order valence-corrected chi connectivity index (χ2v) is 8.95. The molecule has 6 nitrogen and oxygen atoms in total. The van der Waals surface area contributed by atoms with E-state index >= 15 is 0 Å². The van der Waals surface area contributed by atoms with E-state index in [-0.39, 0.29) is 18.1 Å². The number of amides is 2. The van der Waals surface area contributed by atoms with Crippen LogP contribution in [0.25, 0.3) is 0 Å². The summed E-state index contributed by atoms with van der Waals surface area (Å²) in [5, 5.41) is 16.6. The molecule has 6 heteroatoms. The zero-order valence-corrected chi connectivity index (χ0v) is 15.6. The lowest BCUT2D eigenvalue weighted by Gasteiger charge is -2.56. The largest absolute Gasteiger partial charge is 0.486 e. The minimum atomic E-state index is -0.775. The van der Waals surface area contributed by atoms with E-state index in [1.54, 1.807) is 6.07 Å². The first-order valence-corrected chi connectivity index (χ1v) is 10.2. The molecule has 4 saturated carbocycles. The second kappa shape index (κ2) is 6.59. The normalized spacial score (nSPS) is 34.2. The van der Waals surface area contributed by atoms with Crippen LogP contribution in [0.2, 0.25) is 0 Å². The number of rotatable bonds is 4. The van der Waals surface area contributed by atoms with Crippen LogP contribution in [0.3, 0.4) is 0 Å². The van der Waals surface area contributed by atoms with Crippen LogP contribution >= 0.6 is 0 Å². The zero-order valence-electron chi connectivity index (χ0n) is 15.6. The molecule has 1 atom stereocenters. The number of carbonyl (C=O) groups excluding carboxylic acids is 1. The van der Waals surface area contributed by atoms with Crippen molar-refractivity contribution in [2.45, 2.75) is 50.2 Å². The molecule has 3 N–H and O–H groups in total. The highest BCUT2D eigenvalue weighted by Crippen LogP contribution is 2.55. The number of aliphatic hydroxyl groups excluding tert-OH is 1. The molecule has 1 heterocycles. The third kappa shape index (κ3) is 3.35. The predicted octanol–water partition coefficient (Wildman–Crippen LogP) is 2.76. The summed E-state index contributed by atoms with van der Waals surface area (Å²) in [5.41, 5.74) is 0.704. The first-order valence-electron chi connectivity index (χ1n) is 10.2. The van der Waals surface area contributed by atoms with Gasteiger partial charge in [-0.1, -0.05) is 6.07 Å².